The molecule has 1 unspecified atom stereocenters. The first-order valence-electron chi connectivity index (χ1n) is 6.22. The number of Topliss-reactive ketones (excluding diaryl/α,β-unsaturated/α-hetero) is 1. The molecular formula is C16H14Cl2OS. The first-order chi connectivity index (χ1) is 9.54. The predicted octanol–water partition coefficient (Wildman–Crippen LogP) is 5.81. The zero-order valence-corrected chi connectivity index (χ0v) is 13.3. The van der Waals surface area contributed by atoms with Crippen molar-refractivity contribution in [3.63, 3.8) is 0 Å². The zero-order chi connectivity index (χ0) is 14.5. The number of thioether (sulfide) groups is 1. The van der Waals surface area contributed by atoms with Crippen LogP contribution in [-0.4, -0.2) is 5.78 Å². The number of hydrogen-bond acceptors (Lipinski definition) is 2. The Balaban J connectivity index is 2.21. The molecule has 0 aliphatic carbocycles. The lowest BCUT2D eigenvalue weighted by atomic mass is 10.1. The molecule has 0 heterocycles. The molecular weight excluding hydrogens is 311 g/mol. The van der Waals surface area contributed by atoms with Gasteiger partial charge < -0.3 is 0 Å². The van der Waals surface area contributed by atoms with Gasteiger partial charge in [-0.15, -0.1) is 11.8 Å². The third-order valence-corrected chi connectivity index (χ3v) is 4.58. The van der Waals surface area contributed by atoms with Gasteiger partial charge in [-0.1, -0.05) is 35.3 Å². The molecule has 0 fully saturated rings. The van der Waals surface area contributed by atoms with E-state index in [1.165, 1.54) is 0 Å². The Morgan fingerprint density at radius 2 is 1.50 bits per heavy atom. The van der Waals surface area contributed by atoms with E-state index >= 15 is 0 Å². The van der Waals surface area contributed by atoms with Gasteiger partial charge in [-0.2, -0.15) is 0 Å². The monoisotopic (exact) mass is 324 g/mol. The predicted molar refractivity (Wildman–Crippen MR) is 86.8 cm³/mol. The first kappa shape index (κ1) is 15.4. The smallest absolute Gasteiger partial charge is 0.131 e. The fourth-order valence-electron chi connectivity index (χ4n) is 1.84. The van der Waals surface area contributed by atoms with E-state index in [0.29, 0.717) is 16.5 Å². The Morgan fingerprint density at radius 3 is 2.00 bits per heavy atom. The summed E-state index contributed by atoms with van der Waals surface area (Å²) in [4.78, 5) is 12.6. The average molecular weight is 325 g/mol. The molecule has 2 rings (SSSR count). The van der Waals surface area contributed by atoms with Gasteiger partial charge in [0.05, 0.1) is 0 Å². The van der Waals surface area contributed by atoms with Crippen LogP contribution in [0, 0.1) is 0 Å². The van der Waals surface area contributed by atoms with Crippen molar-refractivity contribution >= 4 is 40.7 Å². The van der Waals surface area contributed by atoms with E-state index in [9.17, 15) is 4.79 Å². The lowest BCUT2D eigenvalue weighted by molar-refractivity contribution is -0.117. The Hall–Kier alpha value is -0.960. The third kappa shape index (κ3) is 4.55. The van der Waals surface area contributed by atoms with Crippen LogP contribution in [0.25, 0.3) is 0 Å². The van der Waals surface area contributed by atoms with Gasteiger partial charge in [-0.05, 0) is 48.9 Å². The molecule has 104 valence electrons. The number of ketones is 1. The van der Waals surface area contributed by atoms with Crippen molar-refractivity contribution in [1.29, 1.82) is 0 Å². The lowest BCUT2D eigenvalue weighted by Crippen LogP contribution is -2.00. The minimum absolute atomic E-state index is 0.0888. The summed E-state index contributed by atoms with van der Waals surface area (Å²) in [5, 5.41) is 1.50. The molecule has 1 atom stereocenters. The molecule has 2 aromatic carbocycles. The number of rotatable bonds is 5. The van der Waals surface area contributed by atoms with Crippen molar-refractivity contribution in [2.24, 2.45) is 0 Å². The summed E-state index contributed by atoms with van der Waals surface area (Å²) in [6.45, 7) is 1.62. The van der Waals surface area contributed by atoms with Crippen LogP contribution in [0.4, 0.5) is 0 Å². The Morgan fingerprint density at radius 1 is 1.00 bits per heavy atom. The summed E-state index contributed by atoms with van der Waals surface area (Å²) in [5.74, 6) is 0.173. The zero-order valence-electron chi connectivity index (χ0n) is 11.0. The third-order valence-electron chi connectivity index (χ3n) is 2.81. The molecule has 0 saturated heterocycles. The van der Waals surface area contributed by atoms with E-state index in [1.54, 1.807) is 18.7 Å². The number of hydrogen-bond donors (Lipinski definition) is 0. The second-order valence-corrected chi connectivity index (χ2v) is 6.67. The van der Waals surface area contributed by atoms with Crippen LogP contribution in [-0.2, 0) is 4.79 Å². The van der Waals surface area contributed by atoms with Gasteiger partial charge in [-0.25, -0.2) is 0 Å². The molecule has 0 bridgehead atoms. The fraction of sp³-hybridized carbons (Fsp3) is 0.188. The average Bonchev–Trinajstić information content (AvgIpc) is 2.41. The number of halogens is 2. The van der Waals surface area contributed by atoms with E-state index in [-0.39, 0.29) is 11.0 Å². The topological polar surface area (TPSA) is 17.1 Å². The Labute approximate surface area is 133 Å². The lowest BCUT2D eigenvalue weighted by Gasteiger charge is -2.16. The number of carbonyl (C=O) groups excluding carboxylic acids is 1. The van der Waals surface area contributed by atoms with Crippen molar-refractivity contribution in [2.45, 2.75) is 23.5 Å². The van der Waals surface area contributed by atoms with Crippen LogP contribution in [0.2, 0.25) is 10.0 Å². The number of carbonyl (C=O) groups is 1. The fourth-order valence-corrected chi connectivity index (χ4v) is 3.33. The van der Waals surface area contributed by atoms with Gasteiger partial charge in [-0.3, -0.25) is 4.79 Å². The van der Waals surface area contributed by atoms with Crippen LogP contribution in [0.1, 0.15) is 24.2 Å². The molecule has 0 aliphatic rings. The second-order valence-electron chi connectivity index (χ2n) is 4.52. The summed E-state index contributed by atoms with van der Waals surface area (Å²) < 4.78 is 0. The van der Waals surface area contributed by atoms with Crippen molar-refractivity contribution in [3.8, 4) is 0 Å². The highest BCUT2D eigenvalue weighted by Crippen LogP contribution is 2.38. The summed E-state index contributed by atoms with van der Waals surface area (Å²) in [7, 11) is 0. The summed E-state index contributed by atoms with van der Waals surface area (Å²) in [6.07, 6.45) is 0.495. The largest absolute Gasteiger partial charge is 0.300 e. The highest BCUT2D eigenvalue weighted by Gasteiger charge is 2.15. The second kappa shape index (κ2) is 7.16. The van der Waals surface area contributed by atoms with E-state index < -0.39 is 0 Å². The quantitative estimate of drug-likeness (QED) is 0.646. The van der Waals surface area contributed by atoms with Gasteiger partial charge >= 0.3 is 0 Å². The van der Waals surface area contributed by atoms with E-state index in [4.69, 9.17) is 23.2 Å². The highest BCUT2D eigenvalue weighted by atomic mass is 35.5. The molecule has 4 heteroatoms. The van der Waals surface area contributed by atoms with Crippen molar-refractivity contribution < 1.29 is 4.79 Å². The minimum Gasteiger partial charge on any atom is -0.300 e. The normalized spacial score (nSPS) is 12.2. The van der Waals surface area contributed by atoms with E-state index in [1.807, 2.05) is 48.5 Å². The molecule has 0 radical (unpaired) electrons. The van der Waals surface area contributed by atoms with Crippen LogP contribution in [0.15, 0.2) is 53.4 Å². The van der Waals surface area contributed by atoms with Crippen molar-refractivity contribution in [1.82, 2.24) is 0 Å². The van der Waals surface area contributed by atoms with Crippen LogP contribution in [0.5, 0.6) is 0 Å². The van der Waals surface area contributed by atoms with Gasteiger partial charge in [0.15, 0.2) is 0 Å². The molecule has 2 aromatic rings. The Bertz CT molecular complexity index is 578. The molecule has 0 saturated carbocycles. The van der Waals surface area contributed by atoms with Crippen molar-refractivity contribution in [3.05, 3.63) is 64.1 Å². The number of benzene rings is 2. The summed E-state index contributed by atoms with van der Waals surface area (Å²) >= 11 is 13.5. The summed E-state index contributed by atoms with van der Waals surface area (Å²) in [5.41, 5.74) is 1.10. The molecule has 0 aromatic heterocycles. The van der Waals surface area contributed by atoms with E-state index in [2.05, 4.69) is 0 Å². The molecule has 0 spiro atoms. The van der Waals surface area contributed by atoms with Crippen molar-refractivity contribution in [2.75, 3.05) is 0 Å². The SMILES string of the molecule is CC(=O)CC(Sc1ccc(Cl)cc1)c1ccc(Cl)cc1. The van der Waals surface area contributed by atoms with Gasteiger partial charge in [0.25, 0.3) is 0 Å². The molecule has 0 N–H and O–H groups in total. The first-order valence-corrected chi connectivity index (χ1v) is 7.85. The molecule has 1 nitrogen and oxygen atoms in total. The van der Waals surface area contributed by atoms with Gasteiger partial charge in [0.2, 0.25) is 0 Å². The maximum Gasteiger partial charge on any atom is 0.131 e. The van der Waals surface area contributed by atoms with Crippen LogP contribution >= 0.6 is 35.0 Å². The maximum atomic E-state index is 11.5. The minimum atomic E-state index is 0.0888. The van der Waals surface area contributed by atoms with Crippen LogP contribution in [0.3, 0.4) is 0 Å². The maximum absolute atomic E-state index is 11.5. The van der Waals surface area contributed by atoms with Crippen LogP contribution < -0.4 is 0 Å². The molecule has 20 heavy (non-hydrogen) atoms. The summed E-state index contributed by atoms with van der Waals surface area (Å²) in [6, 6.07) is 15.3. The standard InChI is InChI=1S/C16H14Cl2OS/c1-11(19)10-16(12-2-4-13(17)5-3-12)20-15-8-6-14(18)7-9-15/h2-9,16H,10H2,1H3. The van der Waals surface area contributed by atoms with E-state index in [0.717, 1.165) is 10.5 Å². The highest BCUT2D eigenvalue weighted by molar-refractivity contribution is 7.99. The van der Waals surface area contributed by atoms with Gasteiger partial charge in [0.1, 0.15) is 5.78 Å². The molecule has 0 aliphatic heterocycles. The Kier molecular flexibility index (Phi) is 5.53. The molecule has 0 amide bonds. The van der Waals surface area contributed by atoms with Gasteiger partial charge in [0, 0.05) is 26.6 Å².